The van der Waals surface area contributed by atoms with E-state index in [0.717, 1.165) is 36.0 Å². The topological polar surface area (TPSA) is 0 Å². The number of rotatable bonds is 9. The lowest BCUT2D eigenvalue weighted by atomic mass is 9.68. The zero-order chi connectivity index (χ0) is 22.2. The van der Waals surface area contributed by atoms with Gasteiger partial charge in [-0.2, -0.15) is 0 Å². The van der Waals surface area contributed by atoms with Gasteiger partial charge < -0.3 is 0 Å². The Labute approximate surface area is 198 Å². The van der Waals surface area contributed by atoms with Crippen molar-refractivity contribution in [3.63, 3.8) is 0 Å². The minimum absolute atomic E-state index is 0.103. The van der Waals surface area contributed by atoms with Crippen molar-refractivity contribution in [2.45, 2.75) is 122 Å². The van der Waals surface area contributed by atoms with Gasteiger partial charge in [-0.1, -0.05) is 76.1 Å². The van der Waals surface area contributed by atoms with Gasteiger partial charge in [-0.3, -0.25) is 4.39 Å². The zero-order valence-corrected chi connectivity index (χ0v) is 20.9. The monoisotopic (exact) mass is 440 g/mol. The van der Waals surface area contributed by atoms with Crippen LogP contribution in [0.4, 0.5) is 4.39 Å². The lowest BCUT2D eigenvalue weighted by molar-refractivity contribution is 0.135. The van der Waals surface area contributed by atoms with Crippen molar-refractivity contribution in [1.82, 2.24) is 0 Å². The van der Waals surface area contributed by atoms with E-state index >= 15 is 0 Å². The molecule has 1 aromatic carbocycles. The Hall–Kier alpha value is -0.850. The Bertz CT molecular complexity index is 625. The van der Waals surface area contributed by atoms with Crippen molar-refractivity contribution in [1.29, 1.82) is 0 Å². The van der Waals surface area contributed by atoms with Crippen molar-refractivity contribution >= 4 is 0 Å². The molecule has 0 aromatic heterocycles. The van der Waals surface area contributed by atoms with E-state index in [9.17, 15) is 4.39 Å². The first kappa shape index (κ1) is 24.3. The van der Waals surface area contributed by atoms with Crippen molar-refractivity contribution < 1.29 is 4.39 Å². The fourth-order valence-electron chi connectivity index (χ4n) is 7.55. The molecule has 32 heavy (non-hydrogen) atoms. The molecule has 0 amide bonds. The number of benzene rings is 1. The van der Waals surface area contributed by atoms with Gasteiger partial charge in [0.15, 0.2) is 0 Å². The van der Waals surface area contributed by atoms with Gasteiger partial charge in [0, 0.05) is 0 Å². The summed E-state index contributed by atoms with van der Waals surface area (Å²) in [6.07, 6.45) is 23.4. The minimum atomic E-state index is -0.103. The molecule has 3 saturated carbocycles. The molecule has 0 aliphatic heterocycles. The van der Waals surface area contributed by atoms with Crippen LogP contribution >= 0.6 is 0 Å². The van der Waals surface area contributed by atoms with E-state index in [-0.39, 0.29) is 6.67 Å². The van der Waals surface area contributed by atoms with Crippen LogP contribution in [0.15, 0.2) is 24.3 Å². The van der Waals surface area contributed by atoms with E-state index in [1.54, 1.807) is 5.56 Å². The third-order valence-electron chi connectivity index (χ3n) is 9.79. The average molecular weight is 441 g/mol. The molecular formula is C31H49F. The first-order valence-corrected chi connectivity index (χ1v) is 14.4. The van der Waals surface area contributed by atoms with E-state index in [2.05, 4.69) is 31.2 Å². The summed E-state index contributed by atoms with van der Waals surface area (Å²) in [5.74, 6) is 5.49. The standard InChI is InChI=1S/C31H49F/c1-2-3-24-6-14-28(15-7-24)29-16-8-25(9-17-29)4-5-26-10-18-30(19-11-26)31-20-12-27(13-21-31)22-23-32/h6-7,14-15,25-27,29-31H,2-5,8-13,16-23H2,1H3/t25?,26-,27-,29?,30-,31-. The molecule has 0 nitrogen and oxygen atoms in total. The lowest BCUT2D eigenvalue weighted by Gasteiger charge is -2.38. The maximum atomic E-state index is 12.6. The third kappa shape index (κ3) is 6.83. The quantitative estimate of drug-likeness (QED) is 0.358. The lowest BCUT2D eigenvalue weighted by Crippen LogP contribution is -2.26. The molecule has 0 unspecified atom stereocenters. The van der Waals surface area contributed by atoms with Gasteiger partial charge in [0.25, 0.3) is 0 Å². The van der Waals surface area contributed by atoms with Crippen LogP contribution in [-0.4, -0.2) is 6.67 Å². The third-order valence-corrected chi connectivity index (χ3v) is 9.79. The molecular weight excluding hydrogens is 391 g/mol. The van der Waals surface area contributed by atoms with Gasteiger partial charge in [0.05, 0.1) is 6.67 Å². The van der Waals surface area contributed by atoms with Gasteiger partial charge in [0.2, 0.25) is 0 Å². The van der Waals surface area contributed by atoms with Gasteiger partial charge >= 0.3 is 0 Å². The summed E-state index contributed by atoms with van der Waals surface area (Å²) in [6, 6.07) is 9.58. The first-order valence-electron chi connectivity index (χ1n) is 14.4. The number of aryl methyl sites for hydroxylation is 1. The second kappa shape index (κ2) is 12.6. The number of halogens is 1. The van der Waals surface area contributed by atoms with Gasteiger partial charge in [0.1, 0.15) is 0 Å². The maximum absolute atomic E-state index is 12.6. The molecule has 0 atom stereocenters. The van der Waals surface area contributed by atoms with Gasteiger partial charge in [-0.15, -0.1) is 0 Å². The van der Waals surface area contributed by atoms with E-state index in [0.29, 0.717) is 5.92 Å². The SMILES string of the molecule is CCCc1ccc(C2CCC(CC[C@H]3CC[C@H]([C@H]4CC[C@H](CCF)CC4)CC3)CC2)cc1. The van der Waals surface area contributed by atoms with Crippen molar-refractivity contribution in [3.05, 3.63) is 35.4 Å². The Morgan fingerprint density at radius 3 is 1.56 bits per heavy atom. The van der Waals surface area contributed by atoms with Crippen LogP contribution < -0.4 is 0 Å². The summed E-state index contributed by atoms with van der Waals surface area (Å²) in [6.45, 7) is 2.16. The van der Waals surface area contributed by atoms with Crippen LogP contribution in [0.5, 0.6) is 0 Å². The highest BCUT2D eigenvalue weighted by Crippen LogP contribution is 2.44. The molecule has 180 valence electrons. The fraction of sp³-hybridized carbons (Fsp3) is 0.806. The summed E-state index contributed by atoms with van der Waals surface area (Å²) in [4.78, 5) is 0. The van der Waals surface area contributed by atoms with Crippen LogP contribution in [0, 0.1) is 29.6 Å². The van der Waals surface area contributed by atoms with Crippen molar-refractivity contribution in [2.24, 2.45) is 29.6 Å². The largest absolute Gasteiger partial charge is 0.251 e. The molecule has 3 aliphatic rings. The molecule has 0 bridgehead atoms. The Kier molecular flexibility index (Phi) is 9.54. The Morgan fingerprint density at radius 1 is 0.625 bits per heavy atom. The fourth-order valence-corrected chi connectivity index (χ4v) is 7.55. The van der Waals surface area contributed by atoms with Gasteiger partial charge in [-0.25, -0.2) is 0 Å². The van der Waals surface area contributed by atoms with E-state index < -0.39 is 0 Å². The van der Waals surface area contributed by atoms with Crippen LogP contribution in [0.2, 0.25) is 0 Å². The summed E-state index contributed by atoms with van der Waals surface area (Å²) < 4.78 is 12.6. The molecule has 1 aromatic rings. The van der Waals surface area contributed by atoms with E-state index in [4.69, 9.17) is 0 Å². The molecule has 4 rings (SSSR count). The molecule has 1 heteroatoms. The zero-order valence-electron chi connectivity index (χ0n) is 20.9. The summed E-state index contributed by atoms with van der Waals surface area (Å²) in [5, 5.41) is 0. The number of alkyl halides is 1. The number of hydrogen-bond acceptors (Lipinski definition) is 0. The second-order valence-electron chi connectivity index (χ2n) is 11.8. The highest BCUT2D eigenvalue weighted by atomic mass is 19.1. The smallest absolute Gasteiger partial charge is 0.0897 e. The van der Waals surface area contributed by atoms with Gasteiger partial charge in [-0.05, 0) is 111 Å². The Balaban J connectivity index is 1.11. The van der Waals surface area contributed by atoms with Crippen LogP contribution in [0.25, 0.3) is 0 Å². The molecule has 3 fully saturated rings. The van der Waals surface area contributed by atoms with Crippen LogP contribution in [0.3, 0.4) is 0 Å². The predicted octanol–water partition coefficient (Wildman–Crippen LogP) is 9.67. The summed E-state index contributed by atoms with van der Waals surface area (Å²) >= 11 is 0. The summed E-state index contributed by atoms with van der Waals surface area (Å²) in [5.41, 5.74) is 3.10. The molecule has 0 heterocycles. The average Bonchev–Trinajstić information content (AvgIpc) is 2.85. The van der Waals surface area contributed by atoms with E-state index in [1.807, 2.05) is 0 Å². The second-order valence-corrected chi connectivity index (χ2v) is 11.8. The highest BCUT2D eigenvalue weighted by Gasteiger charge is 2.31. The predicted molar refractivity (Wildman–Crippen MR) is 136 cm³/mol. The maximum Gasteiger partial charge on any atom is 0.0897 e. The molecule has 0 saturated heterocycles. The molecule has 0 radical (unpaired) electrons. The molecule has 0 spiro atoms. The number of hydrogen-bond donors (Lipinski definition) is 0. The van der Waals surface area contributed by atoms with Crippen LogP contribution in [-0.2, 0) is 6.42 Å². The van der Waals surface area contributed by atoms with Crippen molar-refractivity contribution in [3.8, 4) is 0 Å². The minimum Gasteiger partial charge on any atom is -0.251 e. The highest BCUT2D eigenvalue weighted by molar-refractivity contribution is 5.25. The molecule has 3 aliphatic carbocycles. The summed E-state index contributed by atoms with van der Waals surface area (Å²) in [7, 11) is 0. The van der Waals surface area contributed by atoms with E-state index in [1.165, 1.54) is 108 Å². The van der Waals surface area contributed by atoms with Crippen LogP contribution in [0.1, 0.15) is 127 Å². The first-order chi connectivity index (χ1) is 15.7. The normalized spacial score (nSPS) is 33.8. The molecule has 0 N–H and O–H groups in total. The Morgan fingerprint density at radius 2 is 1.09 bits per heavy atom. The van der Waals surface area contributed by atoms with Crippen molar-refractivity contribution in [2.75, 3.05) is 6.67 Å².